The number of halogens is 5. The van der Waals surface area contributed by atoms with Gasteiger partial charge in [0.15, 0.2) is 6.61 Å². The number of aldehydes is 1. The van der Waals surface area contributed by atoms with Gasteiger partial charge >= 0.3 is 12.1 Å². The second kappa shape index (κ2) is 5.22. The Kier molecular flexibility index (Phi) is 4.09. The van der Waals surface area contributed by atoms with Crippen LogP contribution in [-0.4, -0.2) is 25.0 Å². The van der Waals surface area contributed by atoms with Crippen molar-refractivity contribution in [3.8, 4) is 11.8 Å². The van der Waals surface area contributed by atoms with Crippen LogP contribution in [0.4, 0.5) is 22.0 Å². The topological polar surface area (TPSA) is 50.1 Å². The summed E-state index contributed by atoms with van der Waals surface area (Å²) in [5.74, 6) is -5.47. The number of ether oxygens (including phenoxy) is 1. The number of carbonyl (C=O) groups is 1. The lowest BCUT2D eigenvalue weighted by molar-refractivity contribution is -0.290. The summed E-state index contributed by atoms with van der Waals surface area (Å²) in [7, 11) is 0. The van der Waals surface area contributed by atoms with Crippen LogP contribution in [0.2, 0.25) is 0 Å². The lowest BCUT2D eigenvalue weighted by atomic mass is 10.1. The molecule has 0 aliphatic rings. The molecule has 0 aromatic heterocycles. The molecule has 102 valence electrons. The zero-order valence-electron chi connectivity index (χ0n) is 9.17. The van der Waals surface area contributed by atoms with Gasteiger partial charge in [0.25, 0.3) is 0 Å². The number of carbonyl (C=O) groups excluding carboxylic acids is 1. The van der Waals surface area contributed by atoms with E-state index in [4.69, 9.17) is 5.26 Å². The third-order valence-corrected chi connectivity index (χ3v) is 2.08. The van der Waals surface area contributed by atoms with Gasteiger partial charge in [0.1, 0.15) is 18.1 Å². The molecule has 0 unspecified atom stereocenters. The molecule has 0 aliphatic heterocycles. The monoisotopic (exact) mass is 279 g/mol. The summed E-state index contributed by atoms with van der Waals surface area (Å²) < 4.78 is 65.2. The first-order chi connectivity index (χ1) is 8.71. The second-order valence-corrected chi connectivity index (χ2v) is 3.48. The van der Waals surface area contributed by atoms with Gasteiger partial charge in [-0.2, -0.15) is 27.2 Å². The van der Waals surface area contributed by atoms with Crippen molar-refractivity contribution in [1.82, 2.24) is 0 Å². The van der Waals surface area contributed by atoms with Crippen molar-refractivity contribution in [2.75, 3.05) is 6.61 Å². The fourth-order valence-electron chi connectivity index (χ4n) is 1.08. The third kappa shape index (κ3) is 3.40. The molecule has 0 aliphatic carbocycles. The Morgan fingerprint density at radius 3 is 2.37 bits per heavy atom. The highest BCUT2D eigenvalue weighted by Crippen LogP contribution is 2.36. The van der Waals surface area contributed by atoms with E-state index in [1.165, 1.54) is 6.07 Å². The molecule has 0 heterocycles. The Morgan fingerprint density at radius 1 is 1.26 bits per heavy atom. The molecule has 0 radical (unpaired) electrons. The zero-order chi connectivity index (χ0) is 14.7. The van der Waals surface area contributed by atoms with E-state index >= 15 is 0 Å². The number of nitrogens with zero attached hydrogens (tertiary/aromatic N) is 1. The Bertz CT molecular complexity index is 519. The van der Waals surface area contributed by atoms with E-state index < -0.39 is 24.5 Å². The summed E-state index contributed by atoms with van der Waals surface area (Å²) in [5.41, 5.74) is -0.228. The van der Waals surface area contributed by atoms with Crippen molar-refractivity contribution in [3.05, 3.63) is 29.3 Å². The Hall–Kier alpha value is -2.17. The summed E-state index contributed by atoms with van der Waals surface area (Å²) >= 11 is 0. The van der Waals surface area contributed by atoms with Gasteiger partial charge in [-0.1, -0.05) is 0 Å². The van der Waals surface area contributed by atoms with Crippen molar-refractivity contribution in [2.24, 2.45) is 0 Å². The van der Waals surface area contributed by atoms with Crippen molar-refractivity contribution < 1.29 is 31.5 Å². The predicted octanol–water partition coefficient (Wildman–Crippen LogP) is 2.95. The van der Waals surface area contributed by atoms with Gasteiger partial charge < -0.3 is 4.74 Å². The molecule has 0 fully saturated rings. The smallest absolute Gasteiger partial charge is 0.456 e. The average molecular weight is 279 g/mol. The number of hydrogen-bond donors (Lipinski definition) is 0. The zero-order valence-corrected chi connectivity index (χ0v) is 9.17. The highest BCUT2D eigenvalue weighted by molar-refractivity contribution is 5.76. The van der Waals surface area contributed by atoms with Gasteiger partial charge in [-0.05, 0) is 18.2 Å². The van der Waals surface area contributed by atoms with Gasteiger partial charge in [0.2, 0.25) is 0 Å². The molecular weight excluding hydrogens is 273 g/mol. The minimum Gasteiger partial charge on any atom is -0.486 e. The fraction of sp³-hybridized carbons (Fsp3) is 0.273. The number of alkyl halides is 5. The van der Waals surface area contributed by atoms with Crippen LogP contribution in [-0.2, 0) is 0 Å². The fourth-order valence-corrected chi connectivity index (χ4v) is 1.08. The maximum Gasteiger partial charge on any atom is 0.456 e. The SMILES string of the molecule is N#Cc1cc(C=O)ccc1OCC(F)(F)C(F)(F)F. The van der Waals surface area contributed by atoms with Gasteiger partial charge in [-0.25, -0.2) is 0 Å². The van der Waals surface area contributed by atoms with E-state index in [2.05, 4.69) is 4.74 Å². The van der Waals surface area contributed by atoms with Crippen LogP contribution in [0, 0.1) is 11.3 Å². The molecule has 0 saturated carbocycles. The van der Waals surface area contributed by atoms with Crippen LogP contribution in [0.3, 0.4) is 0 Å². The van der Waals surface area contributed by atoms with Crippen molar-refractivity contribution in [3.63, 3.8) is 0 Å². The maximum atomic E-state index is 12.6. The van der Waals surface area contributed by atoms with E-state index in [0.717, 1.165) is 18.2 Å². The van der Waals surface area contributed by atoms with Gasteiger partial charge in [-0.3, -0.25) is 4.79 Å². The molecule has 3 nitrogen and oxygen atoms in total. The maximum absolute atomic E-state index is 12.6. The molecule has 19 heavy (non-hydrogen) atoms. The predicted molar refractivity (Wildman–Crippen MR) is 53.0 cm³/mol. The first-order valence-electron chi connectivity index (χ1n) is 4.78. The number of benzene rings is 1. The Balaban J connectivity index is 2.90. The van der Waals surface area contributed by atoms with Crippen LogP contribution in [0.5, 0.6) is 5.75 Å². The van der Waals surface area contributed by atoms with Crippen LogP contribution >= 0.6 is 0 Å². The first-order valence-corrected chi connectivity index (χ1v) is 4.78. The van der Waals surface area contributed by atoms with Crippen molar-refractivity contribution in [1.29, 1.82) is 5.26 Å². The lowest BCUT2D eigenvalue weighted by Crippen LogP contribution is -2.41. The molecule has 0 amide bonds. The molecule has 8 heteroatoms. The summed E-state index contributed by atoms with van der Waals surface area (Å²) in [6, 6.07) is 4.67. The molecule has 0 saturated heterocycles. The molecule has 0 atom stereocenters. The van der Waals surface area contributed by atoms with E-state index in [0.29, 0.717) is 6.29 Å². The minimum atomic E-state index is -5.73. The van der Waals surface area contributed by atoms with Crippen LogP contribution in [0.25, 0.3) is 0 Å². The third-order valence-electron chi connectivity index (χ3n) is 2.08. The highest BCUT2D eigenvalue weighted by atomic mass is 19.4. The van der Waals surface area contributed by atoms with E-state index in [1.54, 1.807) is 0 Å². The summed E-state index contributed by atoms with van der Waals surface area (Å²) in [5, 5.41) is 8.67. The standard InChI is InChI=1S/C11H6F5NO2/c12-10(13,11(14,15)16)6-19-9-2-1-7(5-18)3-8(9)4-17/h1-3,5H,6H2. The van der Waals surface area contributed by atoms with Crippen molar-refractivity contribution in [2.45, 2.75) is 12.1 Å². The van der Waals surface area contributed by atoms with Gasteiger partial charge in [0, 0.05) is 5.56 Å². The summed E-state index contributed by atoms with van der Waals surface area (Å²) in [6.45, 7) is -1.94. The molecule has 0 spiro atoms. The average Bonchev–Trinajstić information content (AvgIpc) is 2.34. The van der Waals surface area contributed by atoms with Crippen LogP contribution < -0.4 is 4.74 Å². The minimum absolute atomic E-state index is 0.0754. The Labute approximate surface area is 104 Å². The van der Waals surface area contributed by atoms with E-state index in [1.807, 2.05) is 0 Å². The van der Waals surface area contributed by atoms with Crippen LogP contribution in [0.15, 0.2) is 18.2 Å². The number of nitriles is 1. The molecule has 1 aromatic carbocycles. The van der Waals surface area contributed by atoms with Gasteiger partial charge in [-0.15, -0.1) is 0 Å². The van der Waals surface area contributed by atoms with Gasteiger partial charge in [0.05, 0.1) is 5.56 Å². The molecule has 0 bridgehead atoms. The first kappa shape index (κ1) is 14.9. The molecule has 0 N–H and O–H groups in total. The number of hydrogen-bond acceptors (Lipinski definition) is 3. The number of rotatable bonds is 4. The quantitative estimate of drug-likeness (QED) is 0.629. The largest absolute Gasteiger partial charge is 0.486 e. The highest BCUT2D eigenvalue weighted by Gasteiger charge is 2.58. The van der Waals surface area contributed by atoms with E-state index in [-0.39, 0.29) is 11.1 Å². The molecule has 1 aromatic rings. The summed E-state index contributed by atoms with van der Waals surface area (Å²) in [6.07, 6.45) is -5.34. The second-order valence-electron chi connectivity index (χ2n) is 3.48. The van der Waals surface area contributed by atoms with Crippen LogP contribution in [0.1, 0.15) is 15.9 Å². The molecule has 1 rings (SSSR count). The lowest BCUT2D eigenvalue weighted by Gasteiger charge is -2.20. The van der Waals surface area contributed by atoms with Crippen molar-refractivity contribution >= 4 is 6.29 Å². The molecular formula is C11H6F5NO2. The normalized spacial score (nSPS) is 11.8. The Morgan fingerprint density at radius 2 is 1.89 bits per heavy atom. The summed E-state index contributed by atoms with van der Waals surface area (Å²) in [4.78, 5) is 10.4. The van der Waals surface area contributed by atoms with E-state index in [9.17, 15) is 26.7 Å².